The van der Waals surface area contributed by atoms with Crippen molar-refractivity contribution in [3.05, 3.63) is 70.7 Å². The van der Waals surface area contributed by atoms with Gasteiger partial charge in [0.25, 0.3) is 5.91 Å². The maximum atomic E-state index is 13.0. The van der Waals surface area contributed by atoms with Crippen LogP contribution in [0.4, 0.5) is 4.39 Å². The molecule has 0 saturated carbocycles. The van der Waals surface area contributed by atoms with Crippen LogP contribution in [0.1, 0.15) is 10.4 Å². The van der Waals surface area contributed by atoms with Crippen molar-refractivity contribution in [2.75, 3.05) is 13.1 Å². The van der Waals surface area contributed by atoms with Crippen LogP contribution in [-0.4, -0.2) is 23.9 Å². The van der Waals surface area contributed by atoms with Crippen LogP contribution in [0.25, 0.3) is 0 Å². The van der Waals surface area contributed by atoms with Gasteiger partial charge in [-0.05, 0) is 35.2 Å². The lowest BCUT2D eigenvalue weighted by molar-refractivity contribution is -0.635. The minimum atomic E-state index is -0.265. The number of carbonyl (C=O) groups is 1. The topological polar surface area (TPSA) is 36.9 Å². The summed E-state index contributed by atoms with van der Waals surface area (Å²) in [6.07, 6.45) is 1.77. The first kappa shape index (κ1) is 16.4. The molecule has 0 fully saturated rings. The van der Waals surface area contributed by atoms with Crippen LogP contribution in [0.5, 0.6) is 0 Å². The van der Waals surface area contributed by atoms with Gasteiger partial charge < -0.3 is 10.2 Å². The zero-order chi connectivity index (χ0) is 15.8. The van der Waals surface area contributed by atoms with E-state index in [4.69, 9.17) is 0 Å². The third-order valence-electron chi connectivity index (χ3n) is 3.22. The van der Waals surface area contributed by atoms with Crippen LogP contribution in [0.15, 0.2) is 54.4 Å². The van der Waals surface area contributed by atoms with Crippen molar-refractivity contribution >= 4 is 17.2 Å². The Hall–Kier alpha value is -1.98. The molecule has 0 spiro atoms. The summed E-state index contributed by atoms with van der Waals surface area (Å²) in [6.45, 7) is 5.82. The van der Waals surface area contributed by atoms with Gasteiger partial charge in [0.1, 0.15) is 5.82 Å². The molecule has 116 valence electrons. The number of nitrogens with two attached hydrogens (primary N) is 1. The van der Waals surface area contributed by atoms with Crippen LogP contribution in [0.3, 0.4) is 0 Å². The summed E-state index contributed by atoms with van der Waals surface area (Å²) < 4.78 is 13.0. The number of nitrogens with zero attached hydrogens (tertiary/aromatic N) is 1. The predicted molar refractivity (Wildman–Crippen MR) is 86.8 cm³/mol. The molecule has 0 bridgehead atoms. The summed E-state index contributed by atoms with van der Waals surface area (Å²) >= 11 is 1.63. The molecule has 1 aromatic heterocycles. The molecule has 1 amide bonds. The summed E-state index contributed by atoms with van der Waals surface area (Å²) in [7, 11) is 0. The summed E-state index contributed by atoms with van der Waals surface area (Å²) in [6, 6.07) is 10.3. The molecule has 2 rings (SSSR count). The van der Waals surface area contributed by atoms with Crippen molar-refractivity contribution in [3.63, 3.8) is 0 Å². The SMILES string of the molecule is C=CC[NH2+]CC(=O)N(Cc1ccc(F)cc1)Cc1cccs1. The van der Waals surface area contributed by atoms with Crippen molar-refractivity contribution in [2.24, 2.45) is 0 Å². The largest absolute Gasteiger partial charge is 0.335 e. The van der Waals surface area contributed by atoms with E-state index in [0.29, 0.717) is 19.6 Å². The second-order valence-corrected chi connectivity index (χ2v) is 6.01. The quantitative estimate of drug-likeness (QED) is 0.587. The van der Waals surface area contributed by atoms with Crippen LogP contribution in [0.2, 0.25) is 0 Å². The van der Waals surface area contributed by atoms with Gasteiger partial charge in [0.15, 0.2) is 6.54 Å². The lowest BCUT2D eigenvalue weighted by atomic mass is 10.2. The van der Waals surface area contributed by atoms with Gasteiger partial charge in [-0.2, -0.15) is 0 Å². The highest BCUT2D eigenvalue weighted by Crippen LogP contribution is 2.14. The standard InChI is InChI=1S/C17H19FN2OS/c1-2-9-19-11-17(21)20(13-16-4-3-10-22-16)12-14-5-7-15(18)8-6-14/h2-8,10,19H,1,9,11-13H2/p+1. The average Bonchev–Trinajstić information content (AvgIpc) is 3.02. The summed E-state index contributed by atoms with van der Waals surface area (Å²) in [4.78, 5) is 15.3. The summed E-state index contributed by atoms with van der Waals surface area (Å²) in [5.74, 6) is -0.196. The van der Waals surface area contributed by atoms with Gasteiger partial charge in [0, 0.05) is 11.4 Å². The van der Waals surface area contributed by atoms with Gasteiger partial charge in [0.05, 0.1) is 13.1 Å². The number of hydrogen-bond acceptors (Lipinski definition) is 2. The molecule has 0 radical (unpaired) electrons. The molecule has 0 unspecified atom stereocenters. The average molecular weight is 319 g/mol. The van der Waals surface area contributed by atoms with E-state index in [1.807, 2.05) is 22.8 Å². The maximum absolute atomic E-state index is 13.0. The Bertz CT molecular complexity index is 596. The fourth-order valence-electron chi connectivity index (χ4n) is 2.09. The Labute approximate surface area is 134 Å². The lowest BCUT2D eigenvalue weighted by Gasteiger charge is -2.21. The van der Waals surface area contributed by atoms with E-state index in [9.17, 15) is 9.18 Å². The number of quaternary nitrogens is 1. The molecule has 3 nitrogen and oxygen atoms in total. The third kappa shape index (κ3) is 5.09. The molecule has 5 heteroatoms. The van der Waals surface area contributed by atoms with Crippen LogP contribution in [-0.2, 0) is 17.9 Å². The Morgan fingerprint density at radius 1 is 1.27 bits per heavy atom. The fraction of sp³-hybridized carbons (Fsp3) is 0.235. The molecule has 2 aromatic rings. The monoisotopic (exact) mass is 319 g/mol. The first-order chi connectivity index (χ1) is 10.7. The Morgan fingerprint density at radius 3 is 2.68 bits per heavy atom. The highest BCUT2D eigenvalue weighted by molar-refractivity contribution is 7.09. The molecule has 0 aliphatic rings. The van der Waals surface area contributed by atoms with Crippen molar-refractivity contribution in [1.29, 1.82) is 0 Å². The normalized spacial score (nSPS) is 10.4. The van der Waals surface area contributed by atoms with Crippen LogP contribution >= 0.6 is 11.3 Å². The Kier molecular flexibility index (Phi) is 6.30. The molecule has 22 heavy (non-hydrogen) atoms. The van der Waals surface area contributed by atoms with Crippen molar-refractivity contribution in [1.82, 2.24) is 4.90 Å². The molecular formula is C17H20FN2OS+. The van der Waals surface area contributed by atoms with Gasteiger partial charge in [-0.3, -0.25) is 4.79 Å². The van der Waals surface area contributed by atoms with Gasteiger partial charge in [-0.15, -0.1) is 11.3 Å². The Morgan fingerprint density at radius 2 is 2.05 bits per heavy atom. The zero-order valence-electron chi connectivity index (χ0n) is 12.4. The number of thiophene rings is 1. The molecule has 0 atom stereocenters. The summed E-state index contributed by atoms with van der Waals surface area (Å²) in [5.41, 5.74) is 0.926. The van der Waals surface area contributed by atoms with Gasteiger partial charge >= 0.3 is 0 Å². The number of halogens is 1. The number of amides is 1. The van der Waals surface area contributed by atoms with E-state index in [1.165, 1.54) is 12.1 Å². The van der Waals surface area contributed by atoms with Crippen molar-refractivity contribution in [2.45, 2.75) is 13.1 Å². The van der Waals surface area contributed by atoms with Crippen molar-refractivity contribution < 1.29 is 14.5 Å². The smallest absolute Gasteiger partial charge is 0.278 e. The molecule has 0 saturated heterocycles. The maximum Gasteiger partial charge on any atom is 0.278 e. The minimum Gasteiger partial charge on any atom is -0.335 e. The molecule has 2 N–H and O–H groups in total. The second kappa shape index (κ2) is 8.46. The Balaban J connectivity index is 2.04. The van der Waals surface area contributed by atoms with E-state index < -0.39 is 0 Å². The third-order valence-corrected chi connectivity index (χ3v) is 4.08. The number of hydrogen-bond donors (Lipinski definition) is 1. The second-order valence-electron chi connectivity index (χ2n) is 4.97. The van der Waals surface area contributed by atoms with E-state index in [2.05, 4.69) is 6.58 Å². The molecule has 1 heterocycles. The number of benzene rings is 1. The first-order valence-electron chi connectivity index (χ1n) is 7.16. The van der Waals surface area contributed by atoms with Crippen LogP contribution in [0, 0.1) is 5.82 Å². The number of carbonyl (C=O) groups excluding carboxylic acids is 1. The highest BCUT2D eigenvalue weighted by Gasteiger charge is 2.16. The molecular weight excluding hydrogens is 299 g/mol. The highest BCUT2D eigenvalue weighted by atomic mass is 32.1. The van der Waals surface area contributed by atoms with E-state index in [-0.39, 0.29) is 11.7 Å². The lowest BCUT2D eigenvalue weighted by Crippen LogP contribution is -2.86. The fourth-order valence-corrected chi connectivity index (χ4v) is 2.81. The molecule has 0 aliphatic carbocycles. The van der Waals surface area contributed by atoms with Gasteiger partial charge in [-0.25, -0.2) is 4.39 Å². The van der Waals surface area contributed by atoms with Gasteiger partial charge in [-0.1, -0.05) is 24.8 Å². The van der Waals surface area contributed by atoms with Gasteiger partial charge in [0.2, 0.25) is 0 Å². The number of rotatable bonds is 8. The summed E-state index contributed by atoms with van der Waals surface area (Å²) in [5, 5.41) is 3.92. The molecule has 0 aliphatic heterocycles. The van der Waals surface area contributed by atoms with Crippen LogP contribution < -0.4 is 5.32 Å². The predicted octanol–water partition coefficient (Wildman–Crippen LogP) is 2.17. The first-order valence-corrected chi connectivity index (χ1v) is 8.04. The van der Waals surface area contributed by atoms with Crippen molar-refractivity contribution in [3.8, 4) is 0 Å². The van der Waals surface area contributed by atoms with E-state index in [1.54, 1.807) is 34.4 Å². The van der Waals surface area contributed by atoms with E-state index in [0.717, 1.165) is 17.0 Å². The minimum absolute atomic E-state index is 0.0691. The molecule has 1 aromatic carbocycles. The van der Waals surface area contributed by atoms with E-state index >= 15 is 0 Å². The zero-order valence-corrected chi connectivity index (χ0v) is 13.2.